The Bertz CT molecular complexity index is 1880. The van der Waals surface area contributed by atoms with E-state index >= 15 is 0 Å². The zero-order chi connectivity index (χ0) is 32.8. The lowest BCUT2D eigenvalue weighted by atomic mass is 10.0. The number of fused-ring (bicyclic) bond motifs is 2. The fourth-order valence-corrected chi connectivity index (χ4v) is 6.23. The number of aromatic nitrogens is 2. The first-order valence-electron chi connectivity index (χ1n) is 15.9. The topological polar surface area (TPSA) is 168 Å². The number of hydrogen-bond acceptors (Lipinski definition) is 5. The monoisotopic (exact) mass is 634 g/mol. The van der Waals surface area contributed by atoms with Crippen LogP contribution in [0.3, 0.4) is 0 Å². The summed E-state index contributed by atoms with van der Waals surface area (Å²) in [4.78, 5) is 59.9. The number of H-pyrrole nitrogens is 2. The van der Waals surface area contributed by atoms with Crippen molar-refractivity contribution in [1.82, 2.24) is 31.2 Å². The van der Waals surface area contributed by atoms with Crippen LogP contribution in [-0.4, -0.2) is 69.5 Å². The molecule has 3 heterocycles. The Labute approximate surface area is 271 Å². The lowest BCUT2D eigenvalue weighted by molar-refractivity contribution is -0.142. The van der Waals surface area contributed by atoms with Crippen LogP contribution in [0.4, 0.5) is 0 Å². The molecule has 5 aromatic rings. The fourth-order valence-electron chi connectivity index (χ4n) is 6.23. The molecule has 11 nitrogen and oxygen atoms in total. The van der Waals surface area contributed by atoms with Crippen LogP contribution in [0.5, 0.6) is 0 Å². The predicted octanol–water partition coefficient (Wildman–Crippen LogP) is 2.97. The van der Waals surface area contributed by atoms with Crippen molar-refractivity contribution in [3.63, 3.8) is 0 Å². The van der Waals surface area contributed by atoms with Crippen molar-refractivity contribution in [3.8, 4) is 0 Å². The van der Waals surface area contributed by atoms with Gasteiger partial charge in [-0.1, -0.05) is 66.7 Å². The number of para-hydroxylation sites is 2. The molecule has 47 heavy (non-hydrogen) atoms. The number of carbonyl (C=O) groups excluding carboxylic acids is 3. The zero-order valence-electron chi connectivity index (χ0n) is 25.8. The van der Waals surface area contributed by atoms with Crippen molar-refractivity contribution in [2.75, 3.05) is 6.54 Å². The lowest BCUT2D eigenvalue weighted by Crippen LogP contribution is -2.58. The molecule has 1 fully saturated rings. The number of carboxylic acid groups (broad SMARTS) is 1. The first kappa shape index (κ1) is 31.6. The summed E-state index contributed by atoms with van der Waals surface area (Å²) in [6.07, 6.45) is 5.48. The van der Waals surface area contributed by atoms with E-state index in [-0.39, 0.29) is 25.2 Å². The van der Waals surface area contributed by atoms with Gasteiger partial charge in [0.2, 0.25) is 17.7 Å². The molecule has 0 aliphatic carbocycles. The van der Waals surface area contributed by atoms with Gasteiger partial charge in [-0.2, -0.15) is 0 Å². The van der Waals surface area contributed by atoms with E-state index in [2.05, 4.69) is 31.2 Å². The van der Waals surface area contributed by atoms with Crippen LogP contribution in [0.1, 0.15) is 29.5 Å². The third-order valence-corrected chi connectivity index (χ3v) is 8.74. The second-order valence-corrected chi connectivity index (χ2v) is 12.0. The highest BCUT2D eigenvalue weighted by atomic mass is 16.4. The lowest BCUT2D eigenvalue weighted by Gasteiger charge is -2.25. The van der Waals surface area contributed by atoms with Crippen molar-refractivity contribution >= 4 is 45.5 Å². The van der Waals surface area contributed by atoms with E-state index in [4.69, 9.17) is 0 Å². The average Bonchev–Trinajstić information content (AvgIpc) is 3.85. The van der Waals surface area contributed by atoms with E-state index in [1.54, 1.807) is 30.5 Å². The van der Waals surface area contributed by atoms with Crippen LogP contribution in [0.25, 0.3) is 21.8 Å². The smallest absolute Gasteiger partial charge is 0.326 e. The van der Waals surface area contributed by atoms with Crippen LogP contribution in [0.2, 0.25) is 0 Å². The molecule has 3 amide bonds. The number of rotatable bonds is 13. The van der Waals surface area contributed by atoms with Gasteiger partial charge in [-0.05, 0) is 48.2 Å². The minimum absolute atomic E-state index is 0.0727. The molecule has 2 aromatic heterocycles. The number of aliphatic carboxylic acids is 1. The Morgan fingerprint density at radius 1 is 0.681 bits per heavy atom. The van der Waals surface area contributed by atoms with Crippen LogP contribution < -0.4 is 21.3 Å². The predicted molar refractivity (Wildman–Crippen MR) is 179 cm³/mol. The van der Waals surface area contributed by atoms with Gasteiger partial charge in [0.15, 0.2) is 0 Å². The first-order chi connectivity index (χ1) is 22.9. The fraction of sp³-hybridized carbons (Fsp3) is 0.278. The highest BCUT2D eigenvalue weighted by Gasteiger charge is 2.32. The molecule has 4 atom stereocenters. The molecular formula is C36H38N6O5. The number of carboxylic acids is 1. The first-order valence-corrected chi connectivity index (χ1v) is 15.9. The van der Waals surface area contributed by atoms with E-state index in [0.29, 0.717) is 6.42 Å². The Morgan fingerprint density at radius 2 is 1.21 bits per heavy atom. The van der Waals surface area contributed by atoms with Crippen LogP contribution in [-0.2, 0) is 38.4 Å². The minimum Gasteiger partial charge on any atom is -0.480 e. The number of benzene rings is 3. The highest BCUT2D eigenvalue weighted by Crippen LogP contribution is 2.21. The Balaban J connectivity index is 1.27. The summed E-state index contributed by atoms with van der Waals surface area (Å²) in [5, 5.41) is 23.5. The molecule has 3 aromatic carbocycles. The third kappa shape index (κ3) is 7.53. The average molecular weight is 635 g/mol. The Hall–Kier alpha value is -5.42. The molecule has 0 saturated carbocycles. The second kappa shape index (κ2) is 14.3. The van der Waals surface area contributed by atoms with Crippen LogP contribution in [0, 0.1) is 0 Å². The number of aromatic amines is 2. The molecule has 1 aliphatic rings. The largest absolute Gasteiger partial charge is 0.480 e. The molecule has 4 unspecified atom stereocenters. The van der Waals surface area contributed by atoms with Crippen molar-refractivity contribution in [3.05, 3.63) is 108 Å². The molecule has 6 rings (SSSR count). The molecule has 1 saturated heterocycles. The maximum absolute atomic E-state index is 14.1. The van der Waals surface area contributed by atoms with E-state index < -0.39 is 42.0 Å². The molecule has 0 radical (unpaired) electrons. The van der Waals surface area contributed by atoms with Gasteiger partial charge in [0.05, 0.1) is 6.04 Å². The van der Waals surface area contributed by atoms with Gasteiger partial charge in [0.1, 0.15) is 18.1 Å². The molecule has 242 valence electrons. The number of nitrogens with one attached hydrogen (secondary N) is 6. The zero-order valence-corrected chi connectivity index (χ0v) is 25.8. The summed E-state index contributed by atoms with van der Waals surface area (Å²) >= 11 is 0. The standard InChI is InChI=1S/C36H38N6O5/c43-33(29-15-8-16-37-29)40-30(18-23-20-38-27-13-6-4-11-25(23)27)34(44)41-31(19-24-21-39-28-14-7-5-12-26(24)28)35(45)42-32(36(46)47)17-22-9-2-1-3-10-22/h1-7,9-14,20-21,29-32,37-39H,8,15-19H2,(H,40,43)(H,41,44)(H,42,45)(H,46,47). The van der Waals surface area contributed by atoms with Crippen molar-refractivity contribution in [2.45, 2.75) is 56.3 Å². The highest BCUT2D eigenvalue weighted by molar-refractivity contribution is 5.95. The van der Waals surface area contributed by atoms with E-state index in [1.807, 2.05) is 60.8 Å². The van der Waals surface area contributed by atoms with Crippen molar-refractivity contribution < 1.29 is 24.3 Å². The van der Waals surface area contributed by atoms with Crippen molar-refractivity contribution in [1.29, 1.82) is 0 Å². The van der Waals surface area contributed by atoms with Gasteiger partial charge in [-0.15, -0.1) is 0 Å². The minimum atomic E-state index is -1.22. The van der Waals surface area contributed by atoms with Gasteiger partial charge in [-0.25, -0.2) is 4.79 Å². The summed E-state index contributed by atoms with van der Waals surface area (Å²) in [6, 6.07) is 20.6. The second-order valence-electron chi connectivity index (χ2n) is 12.0. The summed E-state index contributed by atoms with van der Waals surface area (Å²) < 4.78 is 0. The molecule has 0 spiro atoms. The maximum Gasteiger partial charge on any atom is 0.326 e. The van der Waals surface area contributed by atoms with Crippen LogP contribution >= 0.6 is 0 Å². The van der Waals surface area contributed by atoms with E-state index in [0.717, 1.165) is 51.5 Å². The quantitative estimate of drug-likeness (QED) is 0.105. The number of hydrogen-bond donors (Lipinski definition) is 7. The van der Waals surface area contributed by atoms with Gasteiger partial charge < -0.3 is 36.3 Å². The molecule has 0 bridgehead atoms. The summed E-state index contributed by atoms with van der Waals surface area (Å²) in [5.41, 5.74) is 4.14. The Kier molecular flexibility index (Phi) is 9.63. The number of carbonyl (C=O) groups is 4. The van der Waals surface area contributed by atoms with Gasteiger partial charge in [0.25, 0.3) is 0 Å². The van der Waals surface area contributed by atoms with Crippen molar-refractivity contribution in [2.24, 2.45) is 0 Å². The molecule has 1 aliphatic heterocycles. The SMILES string of the molecule is O=C(O)C(Cc1ccccc1)NC(=O)C(Cc1c[nH]c2ccccc12)NC(=O)C(Cc1c[nH]c2ccccc12)NC(=O)C1CCCN1. The van der Waals surface area contributed by atoms with Gasteiger partial charge in [-0.3, -0.25) is 14.4 Å². The summed E-state index contributed by atoms with van der Waals surface area (Å²) in [5.74, 6) is -2.65. The van der Waals surface area contributed by atoms with Gasteiger partial charge in [0, 0.05) is 53.5 Å². The normalized spacial score (nSPS) is 16.4. The Morgan fingerprint density at radius 3 is 1.77 bits per heavy atom. The van der Waals surface area contributed by atoms with E-state index in [9.17, 15) is 24.3 Å². The summed E-state index contributed by atoms with van der Waals surface area (Å²) in [7, 11) is 0. The molecular weight excluding hydrogens is 596 g/mol. The number of amides is 3. The third-order valence-electron chi connectivity index (χ3n) is 8.74. The van der Waals surface area contributed by atoms with E-state index in [1.165, 1.54) is 0 Å². The molecule has 7 N–H and O–H groups in total. The van der Waals surface area contributed by atoms with Gasteiger partial charge >= 0.3 is 5.97 Å². The summed E-state index contributed by atoms with van der Waals surface area (Å²) in [6.45, 7) is 0.720. The maximum atomic E-state index is 14.1. The van der Waals surface area contributed by atoms with Crippen LogP contribution in [0.15, 0.2) is 91.3 Å². The molecule has 11 heteroatoms.